The van der Waals surface area contributed by atoms with Crippen molar-refractivity contribution in [3.05, 3.63) is 28.8 Å². The highest BCUT2D eigenvalue weighted by atomic mass is 35.5. The monoisotopic (exact) mass is 238 g/mol. The summed E-state index contributed by atoms with van der Waals surface area (Å²) in [5.41, 5.74) is 2.60. The molecule has 88 valence electrons. The van der Waals surface area contributed by atoms with Crippen LogP contribution in [0.3, 0.4) is 0 Å². The standard InChI is InChI=1S/C13H19ClN2/c1-9(2)16-8-10-5-6-15-13-4-3-11(14)7-12(10)13/h3-4,7,9-10,15-16H,5-6,8H2,1-2H3. The van der Waals surface area contributed by atoms with Gasteiger partial charge >= 0.3 is 0 Å². The summed E-state index contributed by atoms with van der Waals surface area (Å²) < 4.78 is 0. The average Bonchev–Trinajstić information content (AvgIpc) is 2.26. The van der Waals surface area contributed by atoms with Gasteiger partial charge in [0.05, 0.1) is 0 Å². The Morgan fingerprint density at radius 3 is 3.06 bits per heavy atom. The first-order valence-corrected chi connectivity index (χ1v) is 6.31. The molecule has 1 atom stereocenters. The first-order chi connectivity index (χ1) is 7.66. The van der Waals surface area contributed by atoms with Crippen LogP contribution in [0.5, 0.6) is 0 Å². The Morgan fingerprint density at radius 1 is 1.50 bits per heavy atom. The number of hydrogen-bond acceptors (Lipinski definition) is 2. The molecule has 16 heavy (non-hydrogen) atoms. The third-order valence-corrected chi connectivity index (χ3v) is 3.27. The number of benzene rings is 1. The molecule has 0 aliphatic carbocycles. The highest BCUT2D eigenvalue weighted by Gasteiger charge is 2.19. The van der Waals surface area contributed by atoms with Crippen molar-refractivity contribution >= 4 is 17.3 Å². The Hall–Kier alpha value is -0.730. The third-order valence-electron chi connectivity index (χ3n) is 3.03. The summed E-state index contributed by atoms with van der Waals surface area (Å²) in [4.78, 5) is 0. The lowest BCUT2D eigenvalue weighted by Gasteiger charge is -2.27. The van der Waals surface area contributed by atoms with Crippen LogP contribution in [0.4, 0.5) is 5.69 Å². The van der Waals surface area contributed by atoms with Gasteiger partial charge in [-0.25, -0.2) is 0 Å². The molecule has 1 aliphatic heterocycles. The van der Waals surface area contributed by atoms with Crippen molar-refractivity contribution < 1.29 is 0 Å². The predicted octanol–water partition coefficient (Wildman–Crippen LogP) is 3.24. The highest BCUT2D eigenvalue weighted by Crippen LogP contribution is 2.33. The second-order valence-electron chi connectivity index (χ2n) is 4.71. The van der Waals surface area contributed by atoms with Crippen LogP contribution in [-0.4, -0.2) is 19.1 Å². The van der Waals surface area contributed by atoms with Crippen LogP contribution in [0, 0.1) is 0 Å². The topological polar surface area (TPSA) is 24.1 Å². The summed E-state index contributed by atoms with van der Waals surface area (Å²) in [6.45, 7) is 6.45. The maximum atomic E-state index is 6.06. The molecule has 2 rings (SSSR count). The first kappa shape index (κ1) is 11.7. The van der Waals surface area contributed by atoms with E-state index >= 15 is 0 Å². The van der Waals surface area contributed by atoms with Gasteiger partial charge in [-0.3, -0.25) is 0 Å². The van der Waals surface area contributed by atoms with E-state index < -0.39 is 0 Å². The molecule has 0 fully saturated rings. The molecule has 0 radical (unpaired) electrons. The van der Waals surface area contributed by atoms with Gasteiger partial charge in [-0.1, -0.05) is 25.4 Å². The van der Waals surface area contributed by atoms with Crippen molar-refractivity contribution in [1.29, 1.82) is 0 Å². The van der Waals surface area contributed by atoms with Crippen LogP contribution >= 0.6 is 11.6 Å². The van der Waals surface area contributed by atoms with E-state index in [0.29, 0.717) is 12.0 Å². The van der Waals surface area contributed by atoms with E-state index in [-0.39, 0.29) is 0 Å². The molecular formula is C13H19ClN2. The Balaban J connectivity index is 2.15. The van der Waals surface area contributed by atoms with Gasteiger partial charge in [0.1, 0.15) is 0 Å². The minimum atomic E-state index is 0.539. The fraction of sp³-hybridized carbons (Fsp3) is 0.538. The number of rotatable bonds is 3. The largest absolute Gasteiger partial charge is 0.385 e. The molecular weight excluding hydrogens is 220 g/mol. The summed E-state index contributed by atoms with van der Waals surface area (Å²) in [5, 5.41) is 7.76. The molecule has 1 aliphatic rings. The van der Waals surface area contributed by atoms with Gasteiger partial charge in [0.2, 0.25) is 0 Å². The summed E-state index contributed by atoms with van der Waals surface area (Å²) in [7, 11) is 0. The molecule has 0 bridgehead atoms. The second kappa shape index (κ2) is 5.07. The van der Waals surface area contributed by atoms with E-state index in [0.717, 1.165) is 18.1 Å². The number of anilines is 1. The van der Waals surface area contributed by atoms with Crippen LogP contribution in [0.1, 0.15) is 31.7 Å². The molecule has 0 aromatic heterocycles. The van der Waals surface area contributed by atoms with Crippen LogP contribution in [0.25, 0.3) is 0 Å². The molecule has 0 saturated heterocycles. The lowest BCUT2D eigenvalue weighted by atomic mass is 9.91. The van der Waals surface area contributed by atoms with Gasteiger partial charge in [-0.2, -0.15) is 0 Å². The Kier molecular flexibility index (Phi) is 3.72. The zero-order valence-corrected chi connectivity index (χ0v) is 10.6. The van der Waals surface area contributed by atoms with Gasteiger partial charge in [0.15, 0.2) is 0 Å². The molecule has 3 heteroatoms. The normalized spacial score (nSPS) is 19.4. The third kappa shape index (κ3) is 2.69. The number of hydrogen-bond donors (Lipinski definition) is 2. The molecule has 0 saturated carbocycles. The van der Waals surface area contributed by atoms with Gasteiger partial charge in [0.25, 0.3) is 0 Å². The molecule has 1 heterocycles. The zero-order valence-electron chi connectivity index (χ0n) is 9.89. The van der Waals surface area contributed by atoms with Crippen molar-refractivity contribution in [3.8, 4) is 0 Å². The predicted molar refractivity (Wildman–Crippen MR) is 70.4 cm³/mol. The van der Waals surface area contributed by atoms with E-state index in [1.165, 1.54) is 17.7 Å². The lowest BCUT2D eigenvalue weighted by molar-refractivity contribution is 0.509. The first-order valence-electron chi connectivity index (χ1n) is 5.93. The van der Waals surface area contributed by atoms with Crippen molar-refractivity contribution in [1.82, 2.24) is 5.32 Å². The van der Waals surface area contributed by atoms with Crippen molar-refractivity contribution in [2.24, 2.45) is 0 Å². The Bertz CT molecular complexity index is 363. The van der Waals surface area contributed by atoms with E-state index in [9.17, 15) is 0 Å². The SMILES string of the molecule is CC(C)NCC1CCNc2ccc(Cl)cc21. The van der Waals surface area contributed by atoms with Gasteiger partial charge in [0, 0.05) is 35.8 Å². The summed E-state index contributed by atoms with van der Waals surface area (Å²) >= 11 is 6.06. The number of nitrogens with one attached hydrogen (secondary N) is 2. The Labute approximate surface area is 102 Å². The second-order valence-corrected chi connectivity index (χ2v) is 5.14. The van der Waals surface area contributed by atoms with Crippen LogP contribution in [0.2, 0.25) is 5.02 Å². The van der Waals surface area contributed by atoms with Crippen molar-refractivity contribution in [3.63, 3.8) is 0 Å². The maximum absolute atomic E-state index is 6.06. The molecule has 0 amide bonds. The fourth-order valence-corrected chi connectivity index (χ4v) is 2.34. The summed E-state index contributed by atoms with van der Waals surface area (Å²) in [6.07, 6.45) is 1.17. The fourth-order valence-electron chi connectivity index (χ4n) is 2.16. The Morgan fingerprint density at radius 2 is 2.31 bits per heavy atom. The minimum Gasteiger partial charge on any atom is -0.385 e. The van der Waals surface area contributed by atoms with Gasteiger partial charge in [-0.05, 0) is 30.2 Å². The molecule has 0 spiro atoms. The lowest BCUT2D eigenvalue weighted by Crippen LogP contribution is -2.31. The molecule has 1 aromatic rings. The van der Waals surface area contributed by atoms with Crippen LogP contribution in [0.15, 0.2) is 18.2 Å². The van der Waals surface area contributed by atoms with Gasteiger partial charge < -0.3 is 10.6 Å². The maximum Gasteiger partial charge on any atom is 0.0410 e. The molecule has 1 aromatic carbocycles. The quantitative estimate of drug-likeness (QED) is 0.845. The van der Waals surface area contributed by atoms with E-state index in [1.807, 2.05) is 6.07 Å². The number of fused-ring (bicyclic) bond motifs is 1. The van der Waals surface area contributed by atoms with Crippen LogP contribution < -0.4 is 10.6 Å². The molecule has 1 unspecified atom stereocenters. The van der Waals surface area contributed by atoms with E-state index in [4.69, 9.17) is 11.6 Å². The molecule has 2 N–H and O–H groups in total. The molecule has 2 nitrogen and oxygen atoms in total. The van der Waals surface area contributed by atoms with E-state index in [2.05, 4.69) is 36.6 Å². The van der Waals surface area contributed by atoms with Gasteiger partial charge in [-0.15, -0.1) is 0 Å². The van der Waals surface area contributed by atoms with Crippen molar-refractivity contribution in [2.75, 3.05) is 18.4 Å². The zero-order chi connectivity index (χ0) is 11.5. The smallest absolute Gasteiger partial charge is 0.0410 e. The summed E-state index contributed by atoms with van der Waals surface area (Å²) in [6, 6.07) is 6.66. The average molecular weight is 239 g/mol. The van der Waals surface area contributed by atoms with Crippen LogP contribution in [-0.2, 0) is 0 Å². The van der Waals surface area contributed by atoms with Crippen molar-refractivity contribution in [2.45, 2.75) is 32.2 Å². The van der Waals surface area contributed by atoms with E-state index in [1.54, 1.807) is 0 Å². The minimum absolute atomic E-state index is 0.539. The summed E-state index contributed by atoms with van der Waals surface area (Å²) in [5.74, 6) is 0.581. The highest BCUT2D eigenvalue weighted by molar-refractivity contribution is 6.30. The number of halogens is 1.